The summed E-state index contributed by atoms with van der Waals surface area (Å²) in [5.74, 6) is -0.273. The van der Waals surface area contributed by atoms with E-state index in [2.05, 4.69) is 20.6 Å². The van der Waals surface area contributed by atoms with Crippen molar-refractivity contribution < 1.29 is 9.53 Å². The number of carbonyl (C=O) groups excluding carboxylic acids is 1. The number of rotatable bonds is 5. The van der Waals surface area contributed by atoms with Crippen molar-refractivity contribution >= 4 is 40.4 Å². The average molecular weight is 389 g/mol. The van der Waals surface area contributed by atoms with Crippen molar-refractivity contribution in [2.24, 2.45) is 0 Å². The third-order valence-electron chi connectivity index (χ3n) is 3.93. The average Bonchev–Trinajstić information content (AvgIpc) is 3.18. The molecule has 2 aromatic heterocycles. The number of thiazole rings is 1. The highest BCUT2D eigenvalue weighted by molar-refractivity contribution is 7.09. The summed E-state index contributed by atoms with van der Waals surface area (Å²) < 4.78 is 5.94. The molecule has 0 saturated carbocycles. The highest BCUT2D eigenvalue weighted by Gasteiger charge is 2.29. The van der Waals surface area contributed by atoms with E-state index in [-0.39, 0.29) is 28.8 Å². The Balaban J connectivity index is 1.64. The summed E-state index contributed by atoms with van der Waals surface area (Å²) in [4.78, 5) is 19.6. The molecular formula is C15H18Cl2N4O2S. The van der Waals surface area contributed by atoms with Crippen LogP contribution in [0.25, 0.3) is 0 Å². The number of aromatic nitrogens is 2. The van der Waals surface area contributed by atoms with E-state index in [1.807, 2.05) is 5.38 Å². The molecule has 2 atom stereocenters. The molecule has 0 bridgehead atoms. The first-order valence-electron chi connectivity index (χ1n) is 7.61. The van der Waals surface area contributed by atoms with Crippen LogP contribution in [0.15, 0.2) is 11.6 Å². The Morgan fingerprint density at radius 2 is 2.33 bits per heavy atom. The maximum Gasteiger partial charge on any atom is 0.269 e. The smallest absolute Gasteiger partial charge is 0.269 e. The summed E-state index contributed by atoms with van der Waals surface area (Å²) in [5.41, 5.74) is 0.963. The zero-order valence-electron chi connectivity index (χ0n) is 13.1. The zero-order chi connectivity index (χ0) is 17.1. The van der Waals surface area contributed by atoms with Gasteiger partial charge in [-0.2, -0.15) is 0 Å². The molecule has 24 heavy (non-hydrogen) atoms. The zero-order valence-corrected chi connectivity index (χ0v) is 15.4. The normalized spacial score (nSPS) is 21.0. The molecule has 3 rings (SSSR count). The third kappa shape index (κ3) is 3.92. The van der Waals surface area contributed by atoms with Crippen LogP contribution in [0.5, 0.6) is 0 Å². The Morgan fingerprint density at radius 1 is 1.50 bits per heavy atom. The summed E-state index contributed by atoms with van der Waals surface area (Å²) >= 11 is 13.7. The number of amides is 1. The van der Waals surface area contributed by atoms with Crippen molar-refractivity contribution in [1.82, 2.24) is 20.6 Å². The third-order valence-corrected chi connectivity index (χ3v) is 5.63. The van der Waals surface area contributed by atoms with Gasteiger partial charge in [-0.05, 0) is 19.9 Å². The highest BCUT2D eigenvalue weighted by Crippen LogP contribution is 2.29. The van der Waals surface area contributed by atoms with Crippen LogP contribution in [-0.2, 0) is 11.3 Å². The van der Waals surface area contributed by atoms with Crippen LogP contribution in [0, 0.1) is 6.92 Å². The van der Waals surface area contributed by atoms with E-state index in [9.17, 15) is 4.79 Å². The van der Waals surface area contributed by atoms with Crippen molar-refractivity contribution in [3.8, 4) is 0 Å². The first kappa shape index (κ1) is 17.7. The number of carbonyl (C=O) groups is 1. The lowest BCUT2D eigenvalue weighted by Crippen LogP contribution is -2.53. The van der Waals surface area contributed by atoms with E-state index in [1.54, 1.807) is 24.5 Å². The molecule has 3 N–H and O–H groups in total. The van der Waals surface area contributed by atoms with Crippen LogP contribution < -0.4 is 10.6 Å². The lowest BCUT2D eigenvalue weighted by atomic mass is 10.0. The van der Waals surface area contributed by atoms with Crippen molar-refractivity contribution in [1.29, 1.82) is 0 Å². The number of nitrogens with zero attached hydrogens (tertiary/aromatic N) is 1. The number of hydrogen-bond donors (Lipinski definition) is 3. The molecule has 0 aliphatic carbocycles. The molecular weight excluding hydrogens is 371 g/mol. The van der Waals surface area contributed by atoms with Crippen LogP contribution >= 0.6 is 34.5 Å². The number of halogens is 2. The lowest BCUT2D eigenvalue weighted by Gasteiger charge is -2.32. The van der Waals surface area contributed by atoms with E-state index in [4.69, 9.17) is 27.9 Å². The van der Waals surface area contributed by atoms with Gasteiger partial charge < -0.3 is 20.4 Å². The van der Waals surface area contributed by atoms with Gasteiger partial charge in [0.15, 0.2) is 0 Å². The number of hydrogen-bond acceptors (Lipinski definition) is 5. The molecule has 2 aromatic rings. The molecule has 0 radical (unpaired) electrons. The first-order valence-corrected chi connectivity index (χ1v) is 9.25. The van der Waals surface area contributed by atoms with Crippen LogP contribution in [0.2, 0.25) is 10.0 Å². The van der Waals surface area contributed by atoms with Gasteiger partial charge in [-0.1, -0.05) is 23.2 Å². The molecule has 1 aliphatic rings. The van der Waals surface area contributed by atoms with Crippen molar-refractivity contribution in [2.45, 2.75) is 32.1 Å². The highest BCUT2D eigenvalue weighted by atomic mass is 35.5. The molecule has 1 aliphatic heterocycles. The number of H-pyrrole nitrogens is 1. The Morgan fingerprint density at radius 3 is 3.00 bits per heavy atom. The Bertz CT molecular complexity index is 705. The molecule has 1 saturated heterocycles. The van der Waals surface area contributed by atoms with Gasteiger partial charge in [0, 0.05) is 23.8 Å². The molecule has 6 nitrogen and oxygen atoms in total. The number of piperidine rings is 1. The summed E-state index contributed by atoms with van der Waals surface area (Å²) in [6.07, 6.45) is 2.40. The second-order valence-electron chi connectivity index (χ2n) is 5.60. The van der Waals surface area contributed by atoms with Gasteiger partial charge in [0.25, 0.3) is 5.91 Å². The van der Waals surface area contributed by atoms with Crippen LogP contribution in [0.1, 0.15) is 27.6 Å². The molecule has 0 spiro atoms. The second kappa shape index (κ2) is 7.84. The fraction of sp³-hybridized carbons (Fsp3) is 0.467. The minimum atomic E-state index is -0.273. The molecule has 1 fully saturated rings. The summed E-state index contributed by atoms with van der Waals surface area (Å²) in [6, 6.07) is -0.0999. The molecule has 3 heterocycles. The van der Waals surface area contributed by atoms with Crippen molar-refractivity contribution in [3.63, 3.8) is 0 Å². The number of aromatic amines is 1. The quantitative estimate of drug-likeness (QED) is 0.735. The lowest BCUT2D eigenvalue weighted by molar-refractivity contribution is 0.00351. The van der Waals surface area contributed by atoms with Gasteiger partial charge in [0.2, 0.25) is 0 Å². The maximum absolute atomic E-state index is 12.5. The second-order valence-corrected chi connectivity index (χ2v) is 7.34. The van der Waals surface area contributed by atoms with Gasteiger partial charge >= 0.3 is 0 Å². The molecule has 1 amide bonds. The number of aryl methyl sites for hydroxylation is 1. The predicted molar refractivity (Wildman–Crippen MR) is 95.0 cm³/mol. The van der Waals surface area contributed by atoms with E-state index >= 15 is 0 Å². The van der Waals surface area contributed by atoms with Gasteiger partial charge in [-0.25, -0.2) is 4.98 Å². The van der Waals surface area contributed by atoms with Crippen LogP contribution in [-0.4, -0.2) is 41.1 Å². The minimum absolute atomic E-state index is 0.0999. The Hall–Kier alpha value is -1.12. The van der Waals surface area contributed by atoms with Crippen LogP contribution in [0.4, 0.5) is 0 Å². The van der Waals surface area contributed by atoms with Crippen LogP contribution in [0.3, 0.4) is 0 Å². The Kier molecular flexibility index (Phi) is 5.78. The largest absolute Gasteiger partial charge is 0.368 e. The van der Waals surface area contributed by atoms with E-state index < -0.39 is 0 Å². The van der Waals surface area contributed by atoms with Crippen molar-refractivity contribution in [2.75, 3.05) is 13.1 Å². The molecule has 9 heteroatoms. The van der Waals surface area contributed by atoms with Gasteiger partial charge in [0.05, 0.1) is 28.8 Å². The fourth-order valence-electron chi connectivity index (χ4n) is 2.64. The van der Waals surface area contributed by atoms with Gasteiger partial charge in [0.1, 0.15) is 10.7 Å². The van der Waals surface area contributed by atoms with Crippen molar-refractivity contribution in [3.05, 3.63) is 38.0 Å². The molecule has 0 aromatic carbocycles. The summed E-state index contributed by atoms with van der Waals surface area (Å²) in [7, 11) is 0. The van der Waals surface area contributed by atoms with E-state index in [1.165, 1.54) is 0 Å². The molecule has 2 unspecified atom stereocenters. The first-order chi connectivity index (χ1) is 11.6. The standard InChI is InChI=1S/C15H18Cl2N4O2S/c1-8-12(16)13(17)14(20-8)15(22)21-9-2-3-18-6-10(9)23-7-11-19-4-5-24-11/h4-5,9-10,18,20H,2-3,6-7H2,1H3,(H,21,22). The van der Waals surface area contributed by atoms with Gasteiger partial charge in [-0.3, -0.25) is 4.79 Å². The topological polar surface area (TPSA) is 79.0 Å². The maximum atomic E-state index is 12.5. The van der Waals surface area contributed by atoms with E-state index in [0.29, 0.717) is 23.9 Å². The predicted octanol–water partition coefficient (Wildman–Crippen LogP) is 2.76. The monoisotopic (exact) mass is 388 g/mol. The summed E-state index contributed by atoms with van der Waals surface area (Å²) in [5, 5.41) is 9.75. The molecule has 130 valence electrons. The Labute approximate surface area is 153 Å². The van der Waals surface area contributed by atoms with E-state index in [0.717, 1.165) is 18.0 Å². The van der Waals surface area contributed by atoms with Gasteiger partial charge in [-0.15, -0.1) is 11.3 Å². The fourth-order valence-corrected chi connectivity index (χ4v) is 3.59. The SMILES string of the molecule is Cc1[nH]c(C(=O)NC2CCNCC2OCc2nccs2)c(Cl)c1Cl. The minimum Gasteiger partial charge on any atom is -0.368 e. The summed E-state index contributed by atoms with van der Waals surface area (Å²) in [6.45, 7) is 3.70. The number of ether oxygens (including phenoxy) is 1. The number of nitrogens with one attached hydrogen (secondary N) is 3.